The number of hydrogen-bond donors (Lipinski definition) is 0. The monoisotopic (exact) mass is 465 g/mol. The number of benzene rings is 1. The molecule has 2 saturated heterocycles. The first kappa shape index (κ1) is 21.6. The maximum atomic E-state index is 13.1. The van der Waals surface area contributed by atoms with Gasteiger partial charge in [0.1, 0.15) is 16.1 Å². The highest BCUT2D eigenvalue weighted by atomic mass is 32.1. The molecule has 8 nitrogen and oxygen atoms in total. The number of hydrogen-bond acceptors (Lipinski definition) is 7. The molecule has 4 heterocycles. The molecular weight excluding hydrogens is 438 g/mol. The van der Waals surface area contributed by atoms with E-state index in [9.17, 15) is 9.59 Å². The van der Waals surface area contributed by atoms with Crippen molar-refractivity contribution >= 4 is 38.6 Å². The molecule has 0 bridgehead atoms. The van der Waals surface area contributed by atoms with Crippen LogP contribution in [0.3, 0.4) is 0 Å². The minimum Gasteiger partial charge on any atom is -0.484 e. The molecule has 0 unspecified atom stereocenters. The van der Waals surface area contributed by atoms with Crippen molar-refractivity contribution in [1.82, 2.24) is 19.8 Å². The second kappa shape index (κ2) is 9.74. The first-order valence-corrected chi connectivity index (χ1v) is 12.2. The second-order valence-corrected chi connectivity index (χ2v) is 9.35. The summed E-state index contributed by atoms with van der Waals surface area (Å²) in [6.07, 6.45) is 3.20. The predicted molar refractivity (Wildman–Crippen MR) is 127 cm³/mol. The average Bonchev–Trinajstić information content (AvgIpc) is 3.32. The van der Waals surface area contributed by atoms with Gasteiger partial charge in [0.25, 0.3) is 5.91 Å². The highest BCUT2D eigenvalue weighted by Crippen LogP contribution is 2.28. The average molecular weight is 466 g/mol. The van der Waals surface area contributed by atoms with Crippen molar-refractivity contribution in [3.8, 4) is 5.75 Å². The van der Waals surface area contributed by atoms with E-state index in [0.717, 1.165) is 28.6 Å². The molecule has 2 aliphatic heterocycles. The number of nitrogens with zero attached hydrogens (tertiary/aromatic N) is 5. The van der Waals surface area contributed by atoms with Gasteiger partial charge in [-0.1, -0.05) is 29.5 Å². The number of pyridine rings is 1. The SMILES string of the molecule is O=C(COc1ccccc1)N1CCC(C(=O)N2CCN(c3nc4cccnc4s3)CC2)CC1. The summed E-state index contributed by atoms with van der Waals surface area (Å²) in [4.78, 5) is 41.6. The minimum atomic E-state index is -0.0244. The lowest BCUT2D eigenvalue weighted by molar-refractivity contribution is -0.141. The Morgan fingerprint density at radius 3 is 2.42 bits per heavy atom. The van der Waals surface area contributed by atoms with Crippen molar-refractivity contribution in [2.24, 2.45) is 5.92 Å². The first-order valence-electron chi connectivity index (χ1n) is 11.4. The lowest BCUT2D eigenvalue weighted by atomic mass is 9.95. The Labute approximate surface area is 196 Å². The molecule has 2 aliphatic rings. The molecular formula is C24H27N5O3S. The zero-order chi connectivity index (χ0) is 22.6. The van der Waals surface area contributed by atoms with E-state index in [0.29, 0.717) is 44.8 Å². The Kier molecular flexibility index (Phi) is 6.39. The van der Waals surface area contributed by atoms with Crippen molar-refractivity contribution in [3.63, 3.8) is 0 Å². The number of piperazine rings is 1. The summed E-state index contributed by atoms with van der Waals surface area (Å²) in [5, 5.41) is 0.973. The van der Waals surface area contributed by atoms with Gasteiger partial charge in [-0.2, -0.15) is 0 Å². The number of anilines is 1. The second-order valence-electron chi connectivity index (χ2n) is 8.39. The first-order chi connectivity index (χ1) is 16.2. The van der Waals surface area contributed by atoms with Crippen molar-refractivity contribution in [2.45, 2.75) is 12.8 Å². The molecule has 1 aromatic carbocycles. The predicted octanol–water partition coefficient (Wildman–Crippen LogP) is 2.66. The molecule has 2 amide bonds. The fourth-order valence-corrected chi connectivity index (χ4v) is 5.36. The maximum absolute atomic E-state index is 13.1. The molecule has 9 heteroatoms. The number of thiazole rings is 1. The molecule has 0 aliphatic carbocycles. The van der Waals surface area contributed by atoms with Gasteiger partial charge in [-0.15, -0.1) is 0 Å². The molecule has 0 N–H and O–H groups in total. The molecule has 0 atom stereocenters. The zero-order valence-corrected chi connectivity index (χ0v) is 19.2. The molecule has 172 valence electrons. The number of para-hydroxylation sites is 1. The number of amides is 2. The van der Waals surface area contributed by atoms with E-state index in [1.54, 1.807) is 17.5 Å². The summed E-state index contributed by atoms with van der Waals surface area (Å²) in [5.74, 6) is 0.872. The largest absolute Gasteiger partial charge is 0.484 e. The van der Waals surface area contributed by atoms with Crippen LogP contribution in [0.1, 0.15) is 12.8 Å². The van der Waals surface area contributed by atoms with Gasteiger partial charge in [-0.25, -0.2) is 9.97 Å². The Bertz CT molecular complexity index is 1070. The van der Waals surface area contributed by atoms with Crippen LogP contribution in [0.15, 0.2) is 48.7 Å². The van der Waals surface area contributed by atoms with Crippen molar-refractivity contribution in [2.75, 3.05) is 50.8 Å². The normalized spacial score (nSPS) is 17.4. The number of fused-ring (bicyclic) bond motifs is 1. The quantitative estimate of drug-likeness (QED) is 0.577. The summed E-state index contributed by atoms with van der Waals surface area (Å²) < 4.78 is 5.58. The smallest absolute Gasteiger partial charge is 0.260 e. The van der Waals surface area contributed by atoms with Crippen LogP contribution >= 0.6 is 11.3 Å². The third-order valence-corrected chi connectivity index (χ3v) is 7.36. The van der Waals surface area contributed by atoms with Crippen LogP contribution in [0.4, 0.5) is 5.13 Å². The summed E-state index contributed by atoms with van der Waals surface area (Å²) in [6.45, 7) is 4.20. The van der Waals surface area contributed by atoms with Crippen LogP contribution < -0.4 is 9.64 Å². The molecule has 33 heavy (non-hydrogen) atoms. The Morgan fingerprint density at radius 2 is 1.70 bits per heavy atom. The number of likely N-dealkylation sites (tertiary alicyclic amines) is 1. The lowest BCUT2D eigenvalue weighted by Gasteiger charge is -2.38. The number of aromatic nitrogens is 2. The van der Waals surface area contributed by atoms with Gasteiger partial charge in [0.05, 0.1) is 0 Å². The molecule has 0 saturated carbocycles. The lowest BCUT2D eigenvalue weighted by Crippen LogP contribution is -2.52. The van der Waals surface area contributed by atoms with Gasteiger partial charge in [0.15, 0.2) is 11.7 Å². The van der Waals surface area contributed by atoms with E-state index < -0.39 is 0 Å². The number of rotatable bonds is 5. The van der Waals surface area contributed by atoms with Crippen LogP contribution in [0.25, 0.3) is 10.3 Å². The van der Waals surface area contributed by atoms with Crippen molar-refractivity contribution in [3.05, 3.63) is 48.7 Å². The van der Waals surface area contributed by atoms with Gasteiger partial charge in [-0.05, 0) is 37.1 Å². The Balaban J connectivity index is 1.08. The molecule has 0 spiro atoms. The van der Waals surface area contributed by atoms with Crippen LogP contribution in [-0.4, -0.2) is 77.5 Å². The van der Waals surface area contributed by atoms with E-state index in [-0.39, 0.29) is 24.3 Å². The molecule has 3 aromatic rings. The highest BCUT2D eigenvalue weighted by Gasteiger charge is 2.32. The Morgan fingerprint density at radius 1 is 0.939 bits per heavy atom. The van der Waals surface area contributed by atoms with Crippen LogP contribution in [0.5, 0.6) is 5.75 Å². The summed E-state index contributed by atoms with van der Waals surface area (Å²) in [5.41, 5.74) is 0.923. The summed E-state index contributed by atoms with van der Waals surface area (Å²) in [7, 11) is 0. The van der Waals surface area contributed by atoms with E-state index >= 15 is 0 Å². The number of carbonyl (C=O) groups excluding carboxylic acids is 2. The number of piperidine rings is 1. The Hall–Kier alpha value is -3.20. The van der Waals surface area contributed by atoms with E-state index in [4.69, 9.17) is 4.74 Å². The maximum Gasteiger partial charge on any atom is 0.260 e. The fourth-order valence-electron chi connectivity index (χ4n) is 4.40. The van der Waals surface area contributed by atoms with Crippen molar-refractivity contribution < 1.29 is 14.3 Å². The zero-order valence-electron chi connectivity index (χ0n) is 18.4. The minimum absolute atomic E-state index is 0.0118. The van der Waals surface area contributed by atoms with E-state index in [1.807, 2.05) is 52.3 Å². The van der Waals surface area contributed by atoms with Crippen molar-refractivity contribution in [1.29, 1.82) is 0 Å². The fraction of sp³-hybridized carbons (Fsp3) is 0.417. The molecule has 0 radical (unpaired) electrons. The third-order valence-electron chi connectivity index (χ3n) is 6.32. The number of carbonyl (C=O) groups is 2. The van der Waals surface area contributed by atoms with Gasteiger partial charge >= 0.3 is 0 Å². The standard InChI is InChI=1S/C24H27N5O3S/c30-21(17-32-19-5-2-1-3-6-19)27-11-8-18(9-12-27)23(31)28-13-15-29(16-14-28)24-26-20-7-4-10-25-22(20)33-24/h1-7,10,18H,8-9,11-17H2. The highest BCUT2D eigenvalue weighted by molar-refractivity contribution is 7.21. The summed E-state index contributed by atoms with van der Waals surface area (Å²) in [6, 6.07) is 13.2. The van der Waals surface area contributed by atoms with E-state index in [1.165, 1.54) is 0 Å². The van der Waals surface area contributed by atoms with Gasteiger partial charge in [0, 0.05) is 51.4 Å². The molecule has 2 aromatic heterocycles. The van der Waals surface area contributed by atoms with Crippen LogP contribution in [0, 0.1) is 5.92 Å². The molecule has 5 rings (SSSR count). The van der Waals surface area contributed by atoms with Gasteiger partial charge in [0.2, 0.25) is 5.91 Å². The van der Waals surface area contributed by atoms with E-state index in [2.05, 4.69) is 14.9 Å². The molecule has 2 fully saturated rings. The third kappa shape index (κ3) is 4.93. The summed E-state index contributed by atoms with van der Waals surface area (Å²) >= 11 is 1.60. The van der Waals surface area contributed by atoms with Gasteiger partial charge < -0.3 is 19.4 Å². The number of ether oxygens (including phenoxy) is 1. The van der Waals surface area contributed by atoms with Gasteiger partial charge in [-0.3, -0.25) is 9.59 Å². The van der Waals surface area contributed by atoms with Crippen LogP contribution in [-0.2, 0) is 9.59 Å². The topological polar surface area (TPSA) is 78.9 Å². The van der Waals surface area contributed by atoms with Crippen LogP contribution in [0.2, 0.25) is 0 Å².